The zero-order chi connectivity index (χ0) is 15.2. The van der Waals surface area contributed by atoms with Crippen LogP contribution in [0, 0.1) is 5.92 Å². The van der Waals surface area contributed by atoms with Gasteiger partial charge in [-0.2, -0.15) is 0 Å². The summed E-state index contributed by atoms with van der Waals surface area (Å²) in [5.74, 6) is 0.727. The maximum absolute atomic E-state index is 5.75. The predicted octanol–water partition coefficient (Wildman–Crippen LogP) is 3.39. The SMILES string of the molecule is CNC(C)c1ccc2c(c1)CCN2CCOCCC(C)C. The Labute approximate surface area is 129 Å². The first-order valence-electron chi connectivity index (χ1n) is 8.24. The number of fused-ring (bicyclic) bond motifs is 1. The fourth-order valence-electron chi connectivity index (χ4n) is 2.75. The molecule has 0 radical (unpaired) electrons. The third-order valence-electron chi connectivity index (χ3n) is 4.37. The smallest absolute Gasteiger partial charge is 0.0641 e. The molecule has 21 heavy (non-hydrogen) atoms. The van der Waals surface area contributed by atoms with Gasteiger partial charge in [0.25, 0.3) is 0 Å². The van der Waals surface area contributed by atoms with Crippen LogP contribution in [0.2, 0.25) is 0 Å². The quantitative estimate of drug-likeness (QED) is 0.743. The van der Waals surface area contributed by atoms with Crippen LogP contribution in [0.5, 0.6) is 0 Å². The third kappa shape index (κ3) is 4.45. The molecule has 0 aliphatic carbocycles. The molecule has 3 heteroatoms. The van der Waals surface area contributed by atoms with Gasteiger partial charge in [0.05, 0.1) is 6.61 Å². The van der Waals surface area contributed by atoms with Crippen LogP contribution in [0.1, 0.15) is 44.4 Å². The van der Waals surface area contributed by atoms with Gasteiger partial charge >= 0.3 is 0 Å². The lowest BCUT2D eigenvalue weighted by atomic mass is 10.0. The molecule has 1 aromatic rings. The summed E-state index contributed by atoms with van der Waals surface area (Å²) < 4.78 is 5.75. The summed E-state index contributed by atoms with van der Waals surface area (Å²) >= 11 is 0. The second kappa shape index (κ2) is 7.81. The van der Waals surface area contributed by atoms with Crippen LogP contribution >= 0.6 is 0 Å². The van der Waals surface area contributed by atoms with Gasteiger partial charge in [-0.15, -0.1) is 0 Å². The van der Waals surface area contributed by atoms with Gasteiger partial charge in [-0.05, 0) is 49.9 Å². The highest BCUT2D eigenvalue weighted by Gasteiger charge is 2.19. The average Bonchev–Trinajstić information content (AvgIpc) is 2.88. The standard InChI is InChI=1S/C18H30N2O/c1-14(2)8-11-21-12-10-20-9-7-17-13-16(15(3)19-4)5-6-18(17)20/h5-6,13-15,19H,7-12H2,1-4H3. The van der Waals surface area contributed by atoms with E-state index in [9.17, 15) is 0 Å². The zero-order valence-corrected chi connectivity index (χ0v) is 14.0. The molecule has 3 nitrogen and oxygen atoms in total. The minimum absolute atomic E-state index is 0.420. The van der Waals surface area contributed by atoms with Crippen molar-refractivity contribution in [1.82, 2.24) is 5.32 Å². The van der Waals surface area contributed by atoms with Crippen LogP contribution in [0.4, 0.5) is 5.69 Å². The molecule has 1 aliphatic rings. The van der Waals surface area contributed by atoms with Gasteiger partial charge in [0, 0.05) is 31.4 Å². The zero-order valence-electron chi connectivity index (χ0n) is 14.0. The van der Waals surface area contributed by atoms with E-state index in [1.807, 2.05) is 7.05 Å². The topological polar surface area (TPSA) is 24.5 Å². The molecular formula is C18H30N2O. The highest BCUT2D eigenvalue weighted by Crippen LogP contribution is 2.30. The van der Waals surface area contributed by atoms with E-state index in [1.54, 1.807) is 0 Å². The highest BCUT2D eigenvalue weighted by molar-refractivity contribution is 5.59. The Morgan fingerprint density at radius 2 is 2.05 bits per heavy atom. The first-order valence-corrected chi connectivity index (χ1v) is 8.24. The summed E-state index contributed by atoms with van der Waals surface area (Å²) in [5.41, 5.74) is 4.26. The van der Waals surface area contributed by atoms with Gasteiger partial charge in [-0.1, -0.05) is 26.0 Å². The normalized spacial score (nSPS) is 15.6. The Hall–Kier alpha value is -1.06. The Morgan fingerprint density at radius 3 is 2.76 bits per heavy atom. The first kappa shape index (κ1) is 16.3. The van der Waals surface area contributed by atoms with Gasteiger partial charge in [-0.3, -0.25) is 0 Å². The van der Waals surface area contributed by atoms with Crippen LogP contribution in [0.15, 0.2) is 18.2 Å². The number of ether oxygens (including phenoxy) is 1. The summed E-state index contributed by atoms with van der Waals surface area (Å²) in [7, 11) is 2.01. The molecule has 0 bridgehead atoms. The van der Waals surface area contributed by atoms with Crippen molar-refractivity contribution < 1.29 is 4.74 Å². The molecule has 0 saturated heterocycles. The molecule has 2 rings (SSSR count). The van der Waals surface area contributed by atoms with Crippen LogP contribution < -0.4 is 10.2 Å². The van der Waals surface area contributed by atoms with Gasteiger partial charge < -0.3 is 15.0 Å². The van der Waals surface area contributed by atoms with E-state index in [0.717, 1.165) is 45.1 Å². The van der Waals surface area contributed by atoms with Crippen molar-refractivity contribution in [2.45, 2.75) is 39.7 Å². The Morgan fingerprint density at radius 1 is 1.24 bits per heavy atom. The third-order valence-corrected chi connectivity index (χ3v) is 4.37. The summed E-state index contributed by atoms with van der Waals surface area (Å²) in [6, 6.07) is 7.30. The molecular weight excluding hydrogens is 260 g/mol. The molecule has 1 heterocycles. The van der Waals surface area contributed by atoms with Crippen LogP contribution in [0.3, 0.4) is 0 Å². The molecule has 1 unspecified atom stereocenters. The molecule has 0 amide bonds. The number of hydrogen-bond donors (Lipinski definition) is 1. The highest BCUT2D eigenvalue weighted by atomic mass is 16.5. The van der Waals surface area contributed by atoms with Crippen molar-refractivity contribution in [2.24, 2.45) is 5.92 Å². The maximum atomic E-state index is 5.75. The van der Waals surface area contributed by atoms with Gasteiger partial charge in [-0.25, -0.2) is 0 Å². The van der Waals surface area contributed by atoms with E-state index in [2.05, 4.69) is 49.2 Å². The fraction of sp³-hybridized carbons (Fsp3) is 0.667. The monoisotopic (exact) mass is 290 g/mol. The van der Waals surface area contributed by atoms with Crippen LogP contribution in [-0.4, -0.2) is 33.4 Å². The lowest BCUT2D eigenvalue weighted by Gasteiger charge is -2.20. The van der Waals surface area contributed by atoms with Gasteiger partial charge in [0.1, 0.15) is 0 Å². The number of anilines is 1. The summed E-state index contributed by atoms with van der Waals surface area (Å²) in [6.07, 6.45) is 2.31. The fourth-order valence-corrected chi connectivity index (χ4v) is 2.75. The van der Waals surface area contributed by atoms with Crippen molar-refractivity contribution in [1.29, 1.82) is 0 Å². The van der Waals surface area contributed by atoms with E-state index in [4.69, 9.17) is 4.74 Å². The Kier molecular flexibility index (Phi) is 6.07. The Balaban J connectivity index is 1.84. The lowest BCUT2D eigenvalue weighted by Crippen LogP contribution is -2.25. The second-order valence-corrected chi connectivity index (χ2v) is 6.43. The van der Waals surface area contributed by atoms with Gasteiger partial charge in [0.2, 0.25) is 0 Å². The molecule has 0 spiro atoms. The molecule has 0 saturated carbocycles. The van der Waals surface area contributed by atoms with E-state index in [-0.39, 0.29) is 0 Å². The molecule has 1 atom stereocenters. The molecule has 118 valence electrons. The Bertz CT molecular complexity index is 445. The average molecular weight is 290 g/mol. The van der Waals surface area contributed by atoms with E-state index < -0.39 is 0 Å². The molecule has 1 aliphatic heterocycles. The van der Waals surface area contributed by atoms with E-state index in [1.165, 1.54) is 16.8 Å². The largest absolute Gasteiger partial charge is 0.380 e. The molecule has 1 N–H and O–H groups in total. The summed E-state index contributed by atoms with van der Waals surface area (Å²) in [4.78, 5) is 2.46. The van der Waals surface area contributed by atoms with Crippen LogP contribution in [-0.2, 0) is 11.2 Å². The van der Waals surface area contributed by atoms with Crippen LogP contribution in [0.25, 0.3) is 0 Å². The minimum atomic E-state index is 0.420. The molecule has 1 aromatic carbocycles. The number of nitrogens with one attached hydrogen (secondary N) is 1. The number of rotatable bonds is 8. The summed E-state index contributed by atoms with van der Waals surface area (Å²) in [5, 5.41) is 3.31. The van der Waals surface area contributed by atoms with Crippen molar-refractivity contribution in [2.75, 3.05) is 38.3 Å². The summed E-state index contributed by atoms with van der Waals surface area (Å²) in [6.45, 7) is 10.5. The molecule has 0 aromatic heterocycles. The van der Waals surface area contributed by atoms with E-state index in [0.29, 0.717) is 6.04 Å². The van der Waals surface area contributed by atoms with Crippen molar-refractivity contribution in [3.63, 3.8) is 0 Å². The first-order chi connectivity index (χ1) is 10.1. The number of nitrogens with zero attached hydrogens (tertiary/aromatic N) is 1. The number of benzene rings is 1. The van der Waals surface area contributed by atoms with E-state index >= 15 is 0 Å². The maximum Gasteiger partial charge on any atom is 0.0641 e. The lowest BCUT2D eigenvalue weighted by molar-refractivity contribution is 0.129. The molecule has 0 fully saturated rings. The second-order valence-electron chi connectivity index (χ2n) is 6.43. The predicted molar refractivity (Wildman–Crippen MR) is 90.1 cm³/mol. The number of hydrogen-bond acceptors (Lipinski definition) is 3. The minimum Gasteiger partial charge on any atom is -0.380 e. The van der Waals surface area contributed by atoms with Crippen molar-refractivity contribution in [3.05, 3.63) is 29.3 Å². The van der Waals surface area contributed by atoms with Crippen molar-refractivity contribution >= 4 is 5.69 Å². The van der Waals surface area contributed by atoms with Gasteiger partial charge in [0.15, 0.2) is 0 Å². The van der Waals surface area contributed by atoms with Crippen molar-refractivity contribution in [3.8, 4) is 0 Å².